The monoisotopic (exact) mass is 627 g/mol. The van der Waals surface area contributed by atoms with Crippen LogP contribution in [-0.4, -0.2) is 24.9 Å². The number of aryl methyl sites for hydroxylation is 1. The number of rotatable bonds is 5. The van der Waals surface area contributed by atoms with Crippen molar-refractivity contribution in [2.45, 2.75) is 6.92 Å². The van der Waals surface area contributed by atoms with E-state index >= 15 is 0 Å². The molecule has 4 heterocycles. The first-order valence-electron chi connectivity index (χ1n) is 16.3. The molecule has 0 spiro atoms. The van der Waals surface area contributed by atoms with Gasteiger partial charge in [-0.15, -0.1) is 0 Å². The molecule has 9 rings (SSSR count). The number of fused-ring (bicyclic) bond motifs is 4. The lowest BCUT2D eigenvalue weighted by Crippen LogP contribution is -1.98. The van der Waals surface area contributed by atoms with E-state index in [9.17, 15) is 0 Å². The summed E-state index contributed by atoms with van der Waals surface area (Å²) in [6.07, 6.45) is 1.84. The van der Waals surface area contributed by atoms with Gasteiger partial charge in [-0.2, -0.15) is 0 Å². The van der Waals surface area contributed by atoms with E-state index < -0.39 is 0 Å². The summed E-state index contributed by atoms with van der Waals surface area (Å²) in [5.74, 6) is 0.559. The number of para-hydroxylation sites is 1. The Hall–Kier alpha value is -6.59. The summed E-state index contributed by atoms with van der Waals surface area (Å²) in [7, 11) is 0. The van der Waals surface area contributed by atoms with Crippen LogP contribution in [0.3, 0.4) is 0 Å². The first-order valence-corrected chi connectivity index (χ1v) is 16.3. The van der Waals surface area contributed by atoms with Crippen molar-refractivity contribution >= 4 is 32.7 Å². The Morgan fingerprint density at radius 1 is 0.388 bits per heavy atom. The Bertz CT molecular complexity index is 2660. The normalized spacial score (nSPS) is 11.4. The Kier molecular flexibility index (Phi) is 6.95. The van der Waals surface area contributed by atoms with Crippen molar-refractivity contribution in [3.05, 3.63) is 163 Å². The third kappa shape index (κ3) is 5.28. The highest BCUT2D eigenvalue weighted by Crippen LogP contribution is 2.34. The van der Waals surface area contributed by atoms with Gasteiger partial charge in [0, 0.05) is 44.6 Å². The topological polar surface area (TPSA) is 64.5 Å². The van der Waals surface area contributed by atoms with Gasteiger partial charge < -0.3 is 0 Å². The first-order chi connectivity index (χ1) is 24.2. The Labute approximate surface area is 283 Å². The number of pyridine rings is 3. The molecule has 4 aromatic heterocycles. The number of aromatic nitrogens is 5. The molecule has 5 heteroatoms. The fourth-order valence-corrected chi connectivity index (χ4v) is 6.57. The lowest BCUT2D eigenvalue weighted by Gasteiger charge is -2.12. The maximum absolute atomic E-state index is 5.22. The molecule has 0 aliphatic rings. The van der Waals surface area contributed by atoms with Crippen LogP contribution >= 0.6 is 0 Å². The van der Waals surface area contributed by atoms with E-state index in [0.717, 1.165) is 83.2 Å². The van der Waals surface area contributed by atoms with Crippen molar-refractivity contribution in [3.63, 3.8) is 0 Å². The minimum Gasteiger partial charge on any atom is -0.256 e. The van der Waals surface area contributed by atoms with Gasteiger partial charge in [-0.3, -0.25) is 4.98 Å². The van der Waals surface area contributed by atoms with Gasteiger partial charge in [0.25, 0.3) is 0 Å². The van der Waals surface area contributed by atoms with Gasteiger partial charge >= 0.3 is 0 Å². The smallest absolute Gasteiger partial charge is 0.179 e. The third-order valence-electron chi connectivity index (χ3n) is 9.04. The zero-order chi connectivity index (χ0) is 32.7. The number of hydrogen-bond acceptors (Lipinski definition) is 5. The van der Waals surface area contributed by atoms with Crippen LogP contribution in [0.4, 0.5) is 0 Å². The lowest BCUT2D eigenvalue weighted by atomic mass is 9.98. The van der Waals surface area contributed by atoms with Crippen LogP contribution in [0.1, 0.15) is 5.56 Å². The largest absolute Gasteiger partial charge is 0.256 e. The zero-order valence-corrected chi connectivity index (χ0v) is 26.7. The van der Waals surface area contributed by atoms with Gasteiger partial charge in [-0.1, -0.05) is 121 Å². The van der Waals surface area contributed by atoms with Crippen molar-refractivity contribution in [2.75, 3.05) is 0 Å². The van der Waals surface area contributed by atoms with Crippen LogP contribution in [0.5, 0.6) is 0 Å². The average molecular weight is 628 g/mol. The predicted molar refractivity (Wildman–Crippen MR) is 200 cm³/mol. The van der Waals surface area contributed by atoms with Gasteiger partial charge in [0.2, 0.25) is 0 Å². The molecule has 0 N–H and O–H groups in total. The van der Waals surface area contributed by atoms with Crippen LogP contribution in [0.2, 0.25) is 0 Å². The highest BCUT2D eigenvalue weighted by atomic mass is 14.9. The summed E-state index contributed by atoms with van der Waals surface area (Å²) in [6, 6.07) is 51.9. The van der Waals surface area contributed by atoms with Crippen molar-refractivity contribution < 1.29 is 0 Å². The van der Waals surface area contributed by atoms with Crippen LogP contribution in [0.15, 0.2) is 158 Å². The molecule has 5 aromatic carbocycles. The van der Waals surface area contributed by atoms with E-state index in [1.807, 2.05) is 54.7 Å². The molecular weight excluding hydrogens is 599 g/mol. The highest BCUT2D eigenvalue weighted by Gasteiger charge is 2.16. The summed E-state index contributed by atoms with van der Waals surface area (Å²) in [5, 5.41) is 3.21. The predicted octanol–water partition coefficient (Wildman–Crippen LogP) is 10.8. The van der Waals surface area contributed by atoms with E-state index in [1.165, 1.54) is 0 Å². The minimum atomic E-state index is 0.559. The quantitative estimate of drug-likeness (QED) is 0.178. The fraction of sp³-hybridized carbons (Fsp3) is 0.0227. The van der Waals surface area contributed by atoms with E-state index in [4.69, 9.17) is 24.9 Å². The molecule has 0 saturated carbocycles. The van der Waals surface area contributed by atoms with E-state index in [0.29, 0.717) is 11.5 Å². The van der Waals surface area contributed by atoms with Crippen molar-refractivity contribution in [1.29, 1.82) is 0 Å². The van der Waals surface area contributed by atoms with Crippen LogP contribution < -0.4 is 0 Å². The second-order valence-electron chi connectivity index (χ2n) is 12.2. The Morgan fingerprint density at radius 3 is 1.80 bits per heavy atom. The maximum Gasteiger partial charge on any atom is 0.179 e. The second kappa shape index (κ2) is 11.9. The molecule has 230 valence electrons. The SMILES string of the molecule is Cc1cc(-c2ccccc2)nc2c1ccc1ccc(-c3nc(-c4ccccc4)cc(-c4cccc(-c5cccc6cccnc56)c4)n3)nc12. The van der Waals surface area contributed by atoms with Crippen molar-refractivity contribution in [1.82, 2.24) is 24.9 Å². The van der Waals surface area contributed by atoms with Crippen molar-refractivity contribution in [3.8, 4) is 56.4 Å². The number of benzene rings is 5. The Balaban J connectivity index is 1.22. The van der Waals surface area contributed by atoms with E-state index in [2.05, 4.69) is 110 Å². The van der Waals surface area contributed by atoms with Gasteiger partial charge in [-0.25, -0.2) is 19.9 Å². The molecule has 0 unspecified atom stereocenters. The number of nitrogens with zero attached hydrogens (tertiary/aromatic N) is 5. The summed E-state index contributed by atoms with van der Waals surface area (Å²) in [4.78, 5) is 25.3. The molecule has 0 aliphatic carbocycles. The zero-order valence-electron chi connectivity index (χ0n) is 26.7. The summed E-state index contributed by atoms with van der Waals surface area (Å²) < 4.78 is 0. The van der Waals surface area contributed by atoms with Gasteiger partial charge in [-0.05, 0) is 48.4 Å². The molecule has 0 atom stereocenters. The molecule has 0 radical (unpaired) electrons. The van der Waals surface area contributed by atoms with Gasteiger partial charge in [0.1, 0.15) is 5.69 Å². The molecule has 0 bridgehead atoms. The molecule has 9 aromatic rings. The minimum absolute atomic E-state index is 0.559. The molecule has 49 heavy (non-hydrogen) atoms. The third-order valence-corrected chi connectivity index (χ3v) is 9.04. The van der Waals surface area contributed by atoms with E-state index in [-0.39, 0.29) is 0 Å². The van der Waals surface area contributed by atoms with Gasteiger partial charge in [0.15, 0.2) is 5.82 Å². The highest BCUT2D eigenvalue weighted by molar-refractivity contribution is 6.05. The summed E-state index contributed by atoms with van der Waals surface area (Å²) in [6.45, 7) is 2.13. The van der Waals surface area contributed by atoms with E-state index in [1.54, 1.807) is 0 Å². The summed E-state index contributed by atoms with van der Waals surface area (Å²) in [5.41, 5.74) is 12.3. The van der Waals surface area contributed by atoms with Gasteiger partial charge in [0.05, 0.1) is 33.6 Å². The Morgan fingerprint density at radius 2 is 1.00 bits per heavy atom. The average Bonchev–Trinajstić information content (AvgIpc) is 3.18. The molecule has 0 fully saturated rings. The molecule has 0 aliphatic heterocycles. The van der Waals surface area contributed by atoms with Crippen LogP contribution in [-0.2, 0) is 0 Å². The fourth-order valence-electron chi connectivity index (χ4n) is 6.57. The number of hydrogen-bond donors (Lipinski definition) is 0. The first kappa shape index (κ1) is 28.6. The summed E-state index contributed by atoms with van der Waals surface area (Å²) >= 11 is 0. The van der Waals surface area contributed by atoms with Crippen LogP contribution in [0, 0.1) is 6.92 Å². The van der Waals surface area contributed by atoms with Crippen molar-refractivity contribution in [2.24, 2.45) is 0 Å². The standard InChI is InChI=1S/C44H29N5/c1-28-25-38(29-11-4-2-5-12-29)47-43-35(28)22-20-32-21-23-37(46-42(32)43)44-48-39(30-13-6-3-7-14-30)27-40(49-44)34-17-8-16-33(26-34)36-19-9-15-31-18-10-24-45-41(31)36/h2-27H,1H3. The second-order valence-corrected chi connectivity index (χ2v) is 12.2. The molecule has 0 amide bonds. The lowest BCUT2D eigenvalue weighted by molar-refractivity contribution is 1.16. The molecular formula is C44H29N5. The maximum atomic E-state index is 5.22. The molecule has 0 saturated heterocycles. The van der Waals surface area contributed by atoms with Crippen LogP contribution in [0.25, 0.3) is 89.1 Å². The molecule has 5 nitrogen and oxygen atoms in total.